The number of amides is 1. The van der Waals surface area contributed by atoms with E-state index in [9.17, 15) is 4.79 Å². The summed E-state index contributed by atoms with van der Waals surface area (Å²) in [5.41, 5.74) is 2.25. The first kappa shape index (κ1) is 15.8. The molecule has 116 valence electrons. The van der Waals surface area contributed by atoms with Crippen LogP contribution in [0.1, 0.15) is 30.4 Å². The van der Waals surface area contributed by atoms with Crippen LogP contribution in [0, 0.1) is 19.8 Å². The van der Waals surface area contributed by atoms with Crippen molar-refractivity contribution in [3.05, 3.63) is 29.3 Å². The van der Waals surface area contributed by atoms with E-state index in [2.05, 4.69) is 6.07 Å². The van der Waals surface area contributed by atoms with Crippen LogP contribution in [0.3, 0.4) is 0 Å². The fraction of sp³-hybridized carbons (Fsp3) is 0.588. The molecule has 4 heteroatoms. The van der Waals surface area contributed by atoms with Crippen molar-refractivity contribution in [3.63, 3.8) is 0 Å². The van der Waals surface area contributed by atoms with E-state index in [4.69, 9.17) is 9.84 Å². The van der Waals surface area contributed by atoms with Crippen molar-refractivity contribution in [3.8, 4) is 5.75 Å². The highest BCUT2D eigenvalue weighted by molar-refractivity contribution is 5.76. The first-order valence-electron chi connectivity index (χ1n) is 7.69. The molecule has 0 spiro atoms. The zero-order valence-corrected chi connectivity index (χ0v) is 13.0. The van der Waals surface area contributed by atoms with Gasteiger partial charge in [-0.3, -0.25) is 4.79 Å². The lowest BCUT2D eigenvalue weighted by Gasteiger charge is -2.31. The number of likely N-dealkylation sites (tertiary alicyclic amines) is 1. The van der Waals surface area contributed by atoms with E-state index in [0.717, 1.165) is 42.8 Å². The summed E-state index contributed by atoms with van der Waals surface area (Å²) in [6, 6.07) is 6.09. The van der Waals surface area contributed by atoms with Crippen molar-refractivity contribution in [1.82, 2.24) is 4.90 Å². The second-order valence-electron chi connectivity index (χ2n) is 5.87. The van der Waals surface area contributed by atoms with Gasteiger partial charge >= 0.3 is 0 Å². The minimum Gasteiger partial charge on any atom is -0.493 e. The molecule has 1 fully saturated rings. The van der Waals surface area contributed by atoms with Crippen LogP contribution in [0.5, 0.6) is 5.75 Å². The van der Waals surface area contributed by atoms with Gasteiger partial charge in [0.25, 0.3) is 0 Å². The lowest BCUT2D eigenvalue weighted by Crippen LogP contribution is -2.39. The summed E-state index contributed by atoms with van der Waals surface area (Å²) in [6.07, 6.45) is 2.22. The van der Waals surface area contributed by atoms with E-state index < -0.39 is 0 Å². The van der Waals surface area contributed by atoms with E-state index in [1.807, 2.05) is 30.9 Å². The van der Waals surface area contributed by atoms with Crippen molar-refractivity contribution in [1.29, 1.82) is 0 Å². The van der Waals surface area contributed by atoms with Gasteiger partial charge in [0, 0.05) is 19.7 Å². The van der Waals surface area contributed by atoms with Crippen molar-refractivity contribution in [2.45, 2.75) is 33.1 Å². The molecule has 0 saturated carbocycles. The molecule has 1 aliphatic rings. The lowest BCUT2D eigenvalue weighted by molar-refractivity contribution is -0.133. The maximum Gasteiger partial charge on any atom is 0.225 e. The smallest absolute Gasteiger partial charge is 0.225 e. The number of hydrogen-bond acceptors (Lipinski definition) is 3. The van der Waals surface area contributed by atoms with Gasteiger partial charge in [-0.2, -0.15) is 0 Å². The van der Waals surface area contributed by atoms with Crippen LogP contribution in [-0.4, -0.2) is 42.2 Å². The third-order valence-electron chi connectivity index (χ3n) is 4.14. The van der Waals surface area contributed by atoms with E-state index in [1.165, 1.54) is 0 Å². The van der Waals surface area contributed by atoms with Crippen LogP contribution in [0.4, 0.5) is 0 Å². The summed E-state index contributed by atoms with van der Waals surface area (Å²) in [5, 5.41) is 9.11. The Labute approximate surface area is 126 Å². The summed E-state index contributed by atoms with van der Waals surface area (Å²) in [4.78, 5) is 14.0. The number of aliphatic hydroxyl groups is 1. The van der Waals surface area contributed by atoms with Crippen LogP contribution < -0.4 is 4.74 Å². The zero-order chi connectivity index (χ0) is 15.2. The lowest BCUT2D eigenvalue weighted by atomic mass is 9.98. The van der Waals surface area contributed by atoms with Gasteiger partial charge < -0.3 is 14.7 Å². The molecule has 2 rings (SSSR count). The third-order valence-corrected chi connectivity index (χ3v) is 4.14. The van der Waals surface area contributed by atoms with Crippen LogP contribution in [-0.2, 0) is 4.79 Å². The number of benzene rings is 1. The Morgan fingerprint density at radius 3 is 2.71 bits per heavy atom. The monoisotopic (exact) mass is 291 g/mol. The predicted octanol–water partition coefficient (Wildman–Crippen LogP) is 2.30. The van der Waals surface area contributed by atoms with Crippen molar-refractivity contribution < 1.29 is 14.6 Å². The van der Waals surface area contributed by atoms with E-state index in [-0.39, 0.29) is 12.5 Å². The molecule has 4 nitrogen and oxygen atoms in total. The number of aliphatic hydroxyl groups excluding tert-OH is 1. The van der Waals surface area contributed by atoms with Crippen LogP contribution in [0.25, 0.3) is 0 Å². The highest BCUT2D eigenvalue weighted by atomic mass is 16.5. The molecular weight excluding hydrogens is 266 g/mol. The topological polar surface area (TPSA) is 49.8 Å². The van der Waals surface area contributed by atoms with Crippen molar-refractivity contribution in [2.75, 3.05) is 26.3 Å². The summed E-state index contributed by atoms with van der Waals surface area (Å²) < 4.78 is 5.73. The molecule has 1 saturated heterocycles. The Bertz CT molecular complexity index is 479. The molecule has 0 radical (unpaired) electrons. The Morgan fingerprint density at radius 2 is 2.05 bits per heavy atom. The highest BCUT2D eigenvalue weighted by Gasteiger charge is 2.21. The van der Waals surface area contributed by atoms with Crippen LogP contribution >= 0.6 is 0 Å². The molecule has 1 aliphatic heterocycles. The Kier molecular flexibility index (Phi) is 5.62. The number of nitrogens with zero attached hydrogens (tertiary/aromatic N) is 1. The molecule has 0 bridgehead atoms. The molecule has 1 N–H and O–H groups in total. The molecule has 1 amide bonds. The molecule has 0 aliphatic carbocycles. The van der Waals surface area contributed by atoms with E-state index >= 15 is 0 Å². The second kappa shape index (κ2) is 7.46. The Hall–Kier alpha value is -1.55. The second-order valence-corrected chi connectivity index (χ2v) is 5.87. The Morgan fingerprint density at radius 1 is 1.33 bits per heavy atom. The van der Waals surface area contributed by atoms with Gasteiger partial charge in [0.2, 0.25) is 5.91 Å². The highest BCUT2D eigenvalue weighted by Crippen LogP contribution is 2.20. The number of aryl methyl sites for hydroxylation is 2. The van der Waals surface area contributed by atoms with Crippen LogP contribution in [0.2, 0.25) is 0 Å². The van der Waals surface area contributed by atoms with E-state index in [0.29, 0.717) is 18.9 Å². The average molecular weight is 291 g/mol. The number of carbonyl (C=O) groups excluding carboxylic acids is 1. The standard InChI is InChI=1S/C17H25NO3/c1-13-3-4-14(2)16(11-13)21-10-7-17(20)18-8-5-15(12-19)6-9-18/h3-4,11,15,19H,5-10,12H2,1-2H3. The number of piperidine rings is 1. The summed E-state index contributed by atoms with van der Waals surface area (Å²) in [6.45, 7) is 6.21. The zero-order valence-electron chi connectivity index (χ0n) is 13.0. The van der Waals surface area contributed by atoms with Crippen molar-refractivity contribution >= 4 is 5.91 Å². The van der Waals surface area contributed by atoms with Gasteiger partial charge in [-0.1, -0.05) is 12.1 Å². The molecule has 1 aromatic rings. The first-order valence-corrected chi connectivity index (χ1v) is 7.69. The van der Waals surface area contributed by atoms with Gasteiger partial charge in [-0.05, 0) is 49.8 Å². The largest absolute Gasteiger partial charge is 0.493 e. The first-order chi connectivity index (χ1) is 10.1. The van der Waals surface area contributed by atoms with E-state index in [1.54, 1.807) is 0 Å². The average Bonchev–Trinajstić information content (AvgIpc) is 2.50. The van der Waals surface area contributed by atoms with Gasteiger partial charge in [-0.25, -0.2) is 0 Å². The maximum absolute atomic E-state index is 12.1. The summed E-state index contributed by atoms with van der Waals surface area (Å²) >= 11 is 0. The number of hydrogen-bond donors (Lipinski definition) is 1. The molecule has 21 heavy (non-hydrogen) atoms. The SMILES string of the molecule is Cc1ccc(C)c(OCCC(=O)N2CCC(CO)CC2)c1. The van der Waals surface area contributed by atoms with Gasteiger partial charge in [0.05, 0.1) is 13.0 Å². The Balaban J connectivity index is 1.76. The number of ether oxygens (including phenoxy) is 1. The van der Waals surface area contributed by atoms with Crippen molar-refractivity contribution in [2.24, 2.45) is 5.92 Å². The number of rotatable bonds is 5. The molecular formula is C17H25NO3. The molecule has 1 aromatic carbocycles. The molecule has 0 aromatic heterocycles. The summed E-state index contributed by atoms with van der Waals surface area (Å²) in [7, 11) is 0. The minimum atomic E-state index is 0.150. The van der Waals surface area contributed by atoms with Gasteiger partial charge in [0.15, 0.2) is 0 Å². The molecule has 1 heterocycles. The van der Waals surface area contributed by atoms with Crippen LogP contribution in [0.15, 0.2) is 18.2 Å². The summed E-state index contributed by atoms with van der Waals surface area (Å²) in [5.74, 6) is 1.37. The van der Waals surface area contributed by atoms with Gasteiger partial charge in [0.1, 0.15) is 5.75 Å². The molecule has 0 atom stereocenters. The maximum atomic E-state index is 12.1. The quantitative estimate of drug-likeness (QED) is 0.905. The normalized spacial score (nSPS) is 16.0. The third kappa shape index (κ3) is 4.46. The van der Waals surface area contributed by atoms with Gasteiger partial charge in [-0.15, -0.1) is 0 Å². The molecule has 0 unspecified atom stereocenters. The predicted molar refractivity (Wildman–Crippen MR) is 82.4 cm³/mol. The minimum absolute atomic E-state index is 0.150. The fourth-order valence-electron chi connectivity index (χ4n) is 2.63. The fourth-order valence-corrected chi connectivity index (χ4v) is 2.63. The number of carbonyl (C=O) groups is 1.